The van der Waals surface area contributed by atoms with Crippen LogP contribution in [0.15, 0.2) is 34.6 Å². The standard InChI is InChI=1S/C21H29N5OS/c1-4-22-21(25(3)14-18-15-28-16(2)24-18)23-13-17-8-10-19(11-9-17)26-12-6-5-7-20(26)27/h8-11,15H,4-7,12-14H2,1-3H3,(H,22,23). The van der Waals surface area contributed by atoms with Gasteiger partial charge in [-0.15, -0.1) is 11.3 Å². The monoisotopic (exact) mass is 399 g/mol. The second-order valence-electron chi connectivity index (χ2n) is 7.05. The van der Waals surface area contributed by atoms with Crippen LogP contribution in [0.4, 0.5) is 5.69 Å². The van der Waals surface area contributed by atoms with Gasteiger partial charge in [-0.3, -0.25) is 4.79 Å². The summed E-state index contributed by atoms with van der Waals surface area (Å²) in [4.78, 5) is 25.4. The molecule has 6 nitrogen and oxygen atoms in total. The molecular weight excluding hydrogens is 370 g/mol. The molecule has 7 heteroatoms. The number of aromatic nitrogens is 1. The van der Waals surface area contributed by atoms with Crippen LogP contribution < -0.4 is 10.2 Å². The number of rotatable bonds is 6. The van der Waals surface area contributed by atoms with Crippen LogP contribution in [0, 0.1) is 6.92 Å². The molecule has 0 unspecified atom stereocenters. The Morgan fingerprint density at radius 2 is 2.11 bits per heavy atom. The van der Waals surface area contributed by atoms with Crippen molar-refractivity contribution >= 4 is 28.9 Å². The predicted molar refractivity (Wildman–Crippen MR) is 116 cm³/mol. The topological polar surface area (TPSA) is 60.8 Å². The first kappa shape index (κ1) is 20.3. The summed E-state index contributed by atoms with van der Waals surface area (Å²) in [5.41, 5.74) is 3.17. The number of nitrogens with zero attached hydrogens (tertiary/aromatic N) is 4. The fourth-order valence-electron chi connectivity index (χ4n) is 3.29. The van der Waals surface area contributed by atoms with E-state index in [0.717, 1.165) is 60.4 Å². The van der Waals surface area contributed by atoms with Gasteiger partial charge in [0.1, 0.15) is 0 Å². The lowest BCUT2D eigenvalue weighted by atomic mass is 10.1. The minimum absolute atomic E-state index is 0.227. The van der Waals surface area contributed by atoms with Crippen LogP contribution in [0.3, 0.4) is 0 Å². The fourth-order valence-corrected chi connectivity index (χ4v) is 3.90. The van der Waals surface area contributed by atoms with E-state index >= 15 is 0 Å². The highest BCUT2D eigenvalue weighted by Crippen LogP contribution is 2.21. The van der Waals surface area contributed by atoms with Crippen LogP contribution in [-0.2, 0) is 17.9 Å². The number of hydrogen-bond acceptors (Lipinski definition) is 4. The summed E-state index contributed by atoms with van der Waals surface area (Å²) in [5, 5.41) is 6.52. The lowest BCUT2D eigenvalue weighted by Gasteiger charge is -2.26. The Hall–Kier alpha value is -2.41. The van der Waals surface area contributed by atoms with Gasteiger partial charge in [-0.2, -0.15) is 0 Å². The molecule has 0 radical (unpaired) electrons. The molecule has 1 aromatic carbocycles. The Morgan fingerprint density at radius 3 is 2.75 bits per heavy atom. The van der Waals surface area contributed by atoms with Crippen molar-refractivity contribution in [3.63, 3.8) is 0 Å². The molecule has 28 heavy (non-hydrogen) atoms. The minimum Gasteiger partial charge on any atom is -0.357 e. The van der Waals surface area contributed by atoms with E-state index in [2.05, 4.69) is 39.6 Å². The van der Waals surface area contributed by atoms with Crippen LogP contribution >= 0.6 is 11.3 Å². The van der Waals surface area contributed by atoms with Gasteiger partial charge >= 0.3 is 0 Å². The molecular formula is C21H29N5OS. The van der Waals surface area contributed by atoms with Crippen LogP contribution in [0.2, 0.25) is 0 Å². The van der Waals surface area contributed by atoms with Crippen molar-refractivity contribution in [2.75, 3.05) is 25.0 Å². The van der Waals surface area contributed by atoms with Gasteiger partial charge in [0.05, 0.1) is 23.8 Å². The number of thiazole rings is 1. The van der Waals surface area contributed by atoms with E-state index in [4.69, 9.17) is 4.99 Å². The summed E-state index contributed by atoms with van der Waals surface area (Å²) in [5.74, 6) is 1.09. The number of benzene rings is 1. The second-order valence-corrected chi connectivity index (χ2v) is 8.12. The highest BCUT2D eigenvalue weighted by Gasteiger charge is 2.19. The Kier molecular flexibility index (Phi) is 7.03. The van der Waals surface area contributed by atoms with Gasteiger partial charge in [-0.1, -0.05) is 12.1 Å². The molecule has 0 saturated carbocycles. The molecule has 150 valence electrons. The van der Waals surface area contributed by atoms with E-state index in [1.807, 2.05) is 31.0 Å². The lowest BCUT2D eigenvalue weighted by Crippen LogP contribution is -2.38. The average molecular weight is 400 g/mol. The summed E-state index contributed by atoms with van der Waals surface area (Å²) in [6.45, 7) is 7.05. The van der Waals surface area contributed by atoms with Crippen molar-refractivity contribution in [3.8, 4) is 0 Å². The van der Waals surface area contributed by atoms with Crippen molar-refractivity contribution in [1.82, 2.24) is 15.2 Å². The molecule has 1 fully saturated rings. The van der Waals surface area contributed by atoms with Crippen molar-refractivity contribution in [1.29, 1.82) is 0 Å². The number of aliphatic imine (C=N–C) groups is 1. The zero-order valence-electron chi connectivity index (χ0n) is 16.9. The first-order valence-electron chi connectivity index (χ1n) is 9.86. The molecule has 3 rings (SSSR count). The van der Waals surface area contributed by atoms with E-state index in [9.17, 15) is 4.79 Å². The molecule has 1 aliphatic heterocycles. The molecule has 1 amide bonds. The summed E-state index contributed by atoms with van der Waals surface area (Å²) in [6.07, 6.45) is 2.74. The van der Waals surface area contributed by atoms with Gasteiger partial charge in [-0.25, -0.2) is 9.98 Å². The van der Waals surface area contributed by atoms with E-state index in [-0.39, 0.29) is 5.91 Å². The quantitative estimate of drug-likeness (QED) is 0.596. The van der Waals surface area contributed by atoms with E-state index in [1.165, 1.54) is 0 Å². The van der Waals surface area contributed by atoms with Gasteiger partial charge in [0.15, 0.2) is 5.96 Å². The summed E-state index contributed by atoms with van der Waals surface area (Å²) in [7, 11) is 2.03. The number of hydrogen-bond donors (Lipinski definition) is 1. The average Bonchev–Trinajstić information content (AvgIpc) is 3.10. The molecule has 1 aromatic heterocycles. The number of amides is 1. The Bertz CT molecular complexity index is 814. The van der Waals surface area contributed by atoms with Crippen LogP contribution in [0.1, 0.15) is 42.5 Å². The molecule has 0 aliphatic carbocycles. The van der Waals surface area contributed by atoms with Gasteiger partial charge in [0, 0.05) is 37.6 Å². The van der Waals surface area contributed by atoms with Crippen molar-refractivity contribution in [2.45, 2.75) is 46.2 Å². The molecule has 1 N–H and O–H groups in total. The zero-order chi connectivity index (χ0) is 19.9. The zero-order valence-corrected chi connectivity index (χ0v) is 17.8. The van der Waals surface area contributed by atoms with Gasteiger partial charge < -0.3 is 15.1 Å². The van der Waals surface area contributed by atoms with Crippen molar-refractivity contribution in [3.05, 3.63) is 45.9 Å². The largest absolute Gasteiger partial charge is 0.357 e. The molecule has 0 bridgehead atoms. The van der Waals surface area contributed by atoms with E-state index in [0.29, 0.717) is 13.0 Å². The van der Waals surface area contributed by atoms with E-state index < -0.39 is 0 Å². The smallest absolute Gasteiger partial charge is 0.226 e. The third kappa shape index (κ3) is 5.32. The molecule has 1 aliphatic rings. The van der Waals surface area contributed by atoms with Crippen LogP contribution in [-0.4, -0.2) is 41.9 Å². The minimum atomic E-state index is 0.227. The SMILES string of the molecule is CCNC(=NCc1ccc(N2CCCCC2=O)cc1)N(C)Cc1csc(C)n1. The maximum absolute atomic E-state index is 12.1. The number of piperidine rings is 1. The number of carbonyl (C=O) groups excluding carboxylic acids is 1. The lowest BCUT2D eigenvalue weighted by molar-refractivity contribution is -0.119. The maximum Gasteiger partial charge on any atom is 0.226 e. The summed E-state index contributed by atoms with van der Waals surface area (Å²) >= 11 is 1.67. The first-order chi connectivity index (χ1) is 13.6. The van der Waals surface area contributed by atoms with Crippen LogP contribution in [0.25, 0.3) is 0 Å². The van der Waals surface area contributed by atoms with Crippen LogP contribution in [0.5, 0.6) is 0 Å². The molecule has 0 atom stereocenters. The number of nitrogens with one attached hydrogen (secondary N) is 1. The summed E-state index contributed by atoms with van der Waals surface area (Å²) < 4.78 is 0. The Balaban J connectivity index is 1.64. The molecule has 2 aromatic rings. The highest BCUT2D eigenvalue weighted by atomic mass is 32.1. The number of guanidine groups is 1. The van der Waals surface area contributed by atoms with Crippen molar-refractivity contribution in [2.24, 2.45) is 4.99 Å². The second kappa shape index (κ2) is 9.68. The summed E-state index contributed by atoms with van der Waals surface area (Å²) in [6, 6.07) is 8.19. The van der Waals surface area contributed by atoms with Crippen molar-refractivity contribution < 1.29 is 4.79 Å². The molecule has 0 spiro atoms. The third-order valence-electron chi connectivity index (χ3n) is 4.75. The van der Waals surface area contributed by atoms with E-state index in [1.54, 1.807) is 11.3 Å². The maximum atomic E-state index is 12.1. The van der Waals surface area contributed by atoms with Gasteiger partial charge in [-0.05, 0) is 44.4 Å². The van der Waals surface area contributed by atoms with Gasteiger partial charge in [0.25, 0.3) is 0 Å². The number of carbonyl (C=O) groups is 1. The predicted octanol–water partition coefficient (Wildman–Crippen LogP) is 3.57. The molecule has 1 saturated heterocycles. The third-order valence-corrected chi connectivity index (χ3v) is 5.57. The fraction of sp³-hybridized carbons (Fsp3) is 0.476. The number of anilines is 1. The normalized spacial score (nSPS) is 15.0. The number of aryl methyl sites for hydroxylation is 1. The Labute approximate surface area is 171 Å². The Morgan fingerprint density at radius 1 is 1.32 bits per heavy atom. The van der Waals surface area contributed by atoms with Gasteiger partial charge in [0.2, 0.25) is 5.91 Å². The first-order valence-corrected chi connectivity index (χ1v) is 10.7. The molecule has 2 heterocycles. The highest BCUT2D eigenvalue weighted by molar-refractivity contribution is 7.09.